The molecule has 2 aliphatic rings. The number of piperazine rings is 1. The molecule has 0 atom stereocenters. The van der Waals surface area contributed by atoms with Crippen LogP contribution in [-0.4, -0.2) is 97.8 Å². The number of rotatable bonds is 8. The normalized spacial score (nSPS) is 18.9. The fourth-order valence-corrected chi connectivity index (χ4v) is 4.20. The van der Waals surface area contributed by atoms with E-state index in [-0.39, 0.29) is 24.3 Å². The number of esters is 2. The highest BCUT2D eigenvalue weighted by atomic mass is 16.6. The molecule has 3 rings (SSSR count). The molecule has 9 nitrogen and oxygen atoms in total. The first kappa shape index (κ1) is 26.1. The zero-order valence-electron chi connectivity index (χ0n) is 20.7. The van der Waals surface area contributed by atoms with Crippen LogP contribution in [0.4, 0.5) is 0 Å². The molecule has 0 radical (unpaired) electrons. The fourth-order valence-electron chi connectivity index (χ4n) is 4.20. The van der Waals surface area contributed by atoms with Crippen LogP contribution in [0.3, 0.4) is 0 Å². The molecule has 0 unspecified atom stereocenters. The maximum atomic E-state index is 12.8. The largest absolute Gasteiger partial charge is 0.482 e. The van der Waals surface area contributed by atoms with Crippen molar-refractivity contribution >= 4 is 17.7 Å². The molecule has 0 spiro atoms. The summed E-state index contributed by atoms with van der Waals surface area (Å²) in [4.78, 5) is 38.5. The molecule has 1 aromatic rings. The summed E-state index contributed by atoms with van der Waals surface area (Å²) in [6, 6.07) is 6.89. The second-order valence-corrected chi connectivity index (χ2v) is 9.81. The van der Waals surface area contributed by atoms with Crippen molar-refractivity contribution in [3.8, 4) is 5.75 Å². The summed E-state index contributed by atoms with van der Waals surface area (Å²) >= 11 is 0. The molecule has 34 heavy (non-hydrogen) atoms. The number of nitrogens with zero attached hydrogens (tertiary/aromatic N) is 3. The monoisotopic (exact) mass is 475 g/mol. The van der Waals surface area contributed by atoms with Gasteiger partial charge < -0.3 is 14.2 Å². The van der Waals surface area contributed by atoms with Gasteiger partial charge in [0.25, 0.3) is 0 Å². The zero-order valence-corrected chi connectivity index (χ0v) is 20.7. The van der Waals surface area contributed by atoms with Gasteiger partial charge in [0, 0.05) is 44.8 Å². The minimum absolute atomic E-state index is 0.0233. The SMILES string of the molecule is COC(=O)COc1cccc(C(=O)CN2CCN(N3CCC(C(=O)OC(C)(C)C)CC3)CC2)c1. The lowest BCUT2D eigenvalue weighted by molar-refractivity contribution is -0.164. The summed E-state index contributed by atoms with van der Waals surface area (Å²) in [6.07, 6.45) is 1.62. The van der Waals surface area contributed by atoms with E-state index in [2.05, 4.69) is 19.7 Å². The number of benzene rings is 1. The van der Waals surface area contributed by atoms with Crippen molar-refractivity contribution in [2.24, 2.45) is 5.92 Å². The minimum atomic E-state index is -0.469. The van der Waals surface area contributed by atoms with Crippen molar-refractivity contribution in [1.82, 2.24) is 14.9 Å². The van der Waals surface area contributed by atoms with Crippen molar-refractivity contribution in [2.45, 2.75) is 39.2 Å². The lowest BCUT2D eigenvalue weighted by Gasteiger charge is -2.43. The quantitative estimate of drug-likeness (QED) is 0.414. The summed E-state index contributed by atoms with van der Waals surface area (Å²) in [5, 5.41) is 4.68. The number of methoxy groups -OCH3 is 1. The van der Waals surface area contributed by atoms with Crippen LogP contribution in [0.1, 0.15) is 44.0 Å². The molecule has 2 heterocycles. The van der Waals surface area contributed by atoms with Crippen LogP contribution in [0.2, 0.25) is 0 Å². The number of hydrogen-bond donors (Lipinski definition) is 0. The Morgan fingerprint density at radius 3 is 2.24 bits per heavy atom. The number of ketones is 1. The van der Waals surface area contributed by atoms with E-state index in [1.165, 1.54) is 7.11 Å². The highest BCUT2D eigenvalue weighted by Crippen LogP contribution is 2.23. The maximum Gasteiger partial charge on any atom is 0.343 e. The van der Waals surface area contributed by atoms with Crippen molar-refractivity contribution in [1.29, 1.82) is 0 Å². The molecule has 2 saturated heterocycles. The molecule has 0 N–H and O–H groups in total. The summed E-state index contributed by atoms with van der Waals surface area (Å²) in [5.74, 6) is -0.0911. The van der Waals surface area contributed by atoms with Gasteiger partial charge in [0.15, 0.2) is 12.4 Å². The lowest BCUT2D eigenvalue weighted by atomic mass is 9.97. The topological polar surface area (TPSA) is 88.6 Å². The number of ether oxygens (including phenoxy) is 3. The molecule has 0 saturated carbocycles. The van der Waals surface area contributed by atoms with Crippen LogP contribution < -0.4 is 4.74 Å². The van der Waals surface area contributed by atoms with E-state index in [9.17, 15) is 14.4 Å². The molecule has 0 bridgehead atoms. The Morgan fingerprint density at radius 1 is 0.971 bits per heavy atom. The third-order valence-electron chi connectivity index (χ3n) is 6.07. The summed E-state index contributed by atoms with van der Waals surface area (Å²) in [7, 11) is 1.30. The maximum absolute atomic E-state index is 12.8. The molecular weight excluding hydrogens is 438 g/mol. The molecule has 0 amide bonds. The minimum Gasteiger partial charge on any atom is -0.482 e. The van der Waals surface area contributed by atoms with Gasteiger partial charge in [-0.05, 0) is 45.7 Å². The molecular formula is C25H37N3O6. The van der Waals surface area contributed by atoms with E-state index in [1.54, 1.807) is 24.3 Å². The second-order valence-electron chi connectivity index (χ2n) is 9.81. The summed E-state index contributed by atoms with van der Waals surface area (Å²) < 4.78 is 15.5. The highest BCUT2D eigenvalue weighted by Gasteiger charge is 2.32. The summed E-state index contributed by atoms with van der Waals surface area (Å²) in [5.41, 5.74) is 0.119. The van der Waals surface area contributed by atoms with E-state index < -0.39 is 11.6 Å². The average Bonchev–Trinajstić information content (AvgIpc) is 2.82. The molecule has 2 fully saturated rings. The third-order valence-corrected chi connectivity index (χ3v) is 6.07. The van der Waals surface area contributed by atoms with Crippen molar-refractivity contribution < 1.29 is 28.6 Å². The van der Waals surface area contributed by atoms with Gasteiger partial charge in [0.2, 0.25) is 0 Å². The number of Topliss-reactive ketones (excluding diaryl/α,β-unsaturated/α-hetero) is 1. The number of carbonyl (C=O) groups is 3. The van der Waals surface area contributed by atoms with E-state index in [0.29, 0.717) is 17.9 Å². The Hall–Kier alpha value is -2.49. The van der Waals surface area contributed by atoms with E-state index in [0.717, 1.165) is 52.1 Å². The second kappa shape index (κ2) is 11.8. The standard InChI is InChI=1S/C25H37N3O6/c1-25(2,3)34-24(31)19-8-10-27(11-9-19)28-14-12-26(13-15-28)17-22(29)20-6-5-7-21(16-20)33-18-23(30)32-4/h5-7,16,19H,8-15,17-18H2,1-4H3. The van der Waals surface area contributed by atoms with Gasteiger partial charge >= 0.3 is 11.9 Å². The predicted molar refractivity (Wildman–Crippen MR) is 126 cm³/mol. The van der Waals surface area contributed by atoms with Gasteiger partial charge in [-0.25, -0.2) is 14.8 Å². The highest BCUT2D eigenvalue weighted by molar-refractivity contribution is 5.98. The van der Waals surface area contributed by atoms with E-state index in [4.69, 9.17) is 9.47 Å². The van der Waals surface area contributed by atoms with Crippen LogP contribution >= 0.6 is 0 Å². The van der Waals surface area contributed by atoms with Crippen molar-refractivity contribution in [3.05, 3.63) is 29.8 Å². The number of hydrogen-bond acceptors (Lipinski definition) is 9. The van der Waals surface area contributed by atoms with E-state index >= 15 is 0 Å². The van der Waals surface area contributed by atoms with Gasteiger partial charge in [-0.2, -0.15) is 0 Å². The van der Waals surface area contributed by atoms with Gasteiger partial charge in [-0.3, -0.25) is 14.5 Å². The Labute approximate surface area is 201 Å². The molecule has 0 aliphatic carbocycles. The van der Waals surface area contributed by atoms with Crippen LogP contribution in [0.25, 0.3) is 0 Å². The van der Waals surface area contributed by atoms with Gasteiger partial charge in [0.05, 0.1) is 19.6 Å². The first-order valence-corrected chi connectivity index (χ1v) is 11.9. The lowest BCUT2D eigenvalue weighted by Crippen LogP contribution is -2.56. The van der Waals surface area contributed by atoms with Gasteiger partial charge in [-0.15, -0.1) is 0 Å². The smallest absolute Gasteiger partial charge is 0.343 e. The first-order valence-electron chi connectivity index (χ1n) is 11.9. The average molecular weight is 476 g/mol. The molecule has 1 aromatic carbocycles. The number of carbonyl (C=O) groups excluding carboxylic acids is 3. The summed E-state index contributed by atoms with van der Waals surface area (Å²) in [6.45, 7) is 10.9. The van der Waals surface area contributed by atoms with Crippen molar-refractivity contribution in [3.63, 3.8) is 0 Å². The van der Waals surface area contributed by atoms with Crippen LogP contribution in [0.15, 0.2) is 24.3 Å². The zero-order chi connectivity index (χ0) is 24.7. The Balaban J connectivity index is 1.41. The van der Waals surface area contributed by atoms with E-state index in [1.807, 2.05) is 20.8 Å². The van der Waals surface area contributed by atoms with Gasteiger partial charge in [0.1, 0.15) is 11.4 Å². The molecule has 188 valence electrons. The first-order chi connectivity index (χ1) is 16.1. The van der Waals surface area contributed by atoms with Gasteiger partial charge in [-0.1, -0.05) is 12.1 Å². The molecule has 9 heteroatoms. The number of hydrazine groups is 1. The predicted octanol–water partition coefficient (Wildman–Crippen LogP) is 2.01. The molecule has 0 aromatic heterocycles. The van der Waals surface area contributed by atoms with Crippen LogP contribution in [0.5, 0.6) is 5.75 Å². The van der Waals surface area contributed by atoms with Crippen LogP contribution in [0, 0.1) is 5.92 Å². The fraction of sp³-hybridized carbons (Fsp3) is 0.640. The van der Waals surface area contributed by atoms with Crippen molar-refractivity contribution in [2.75, 3.05) is 59.5 Å². The third kappa shape index (κ3) is 7.78. The number of piperidine rings is 1. The Bertz CT molecular complexity index is 852. The molecule has 2 aliphatic heterocycles. The van der Waals surface area contributed by atoms with Crippen LogP contribution in [-0.2, 0) is 19.1 Å². The Kier molecular flexibility index (Phi) is 9.04. The Morgan fingerprint density at radius 2 is 1.62 bits per heavy atom.